The largest absolute Gasteiger partial charge is 0.319 e. The molecule has 1 amide bonds. The maximum Gasteiger partial charge on any atom is 0.256 e. The van der Waals surface area contributed by atoms with Crippen LogP contribution in [0, 0.1) is 5.82 Å². The maximum atomic E-state index is 13.9. The molecule has 0 aliphatic heterocycles. The predicted molar refractivity (Wildman–Crippen MR) is 95.7 cm³/mol. The average molecular weight is 354 g/mol. The van der Waals surface area contributed by atoms with E-state index < -0.39 is 11.7 Å². The summed E-state index contributed by atoms with van der Waals surface area (Å²) in [5.41, 5.74) is 0.892. The maximum absolute atomic E-state index is 13.9. The van der Waals surface area contributed by atoms with Crippen LogP contribution in [-0.2, 0) is 0 Å². The molecule has 0 atom stereocenters. The molecule has 0 saturated carbocycles. The zero-order valence-electron chi connectivity index (χ0n) is 13.0. The molecule has 3 aromatic carbocycles. The first-order valence-electron chi connectivity index (χ1n) is 7.51. The Morgan fingerprint density at radius 1 is 0.840 bits per heavy atom. The molecule has 0 saturated heterocycles. The van der Waals surface area contributed by atoms with Gasteiger partial charge < -0.3 is 5.32 Å². The van der Waals surface area contributed by atoms with Crippen molar-refractivity contribution in [3.8, 4) is 0 Å². The number of hydrogen-bond donors (Lipinski definition) is 1. The molecule has 3 rings (SSSR count). The van der Waals surface area contributed by atoms with Gasteiger partial charge in [0.15, 0.2) is 5.78 Å². The average Bonchev–Trinajstić information content (AvgIpc) is 2.64. The molecule has 124 valence electrons. The molecule has 0 fully saturated rings. The van der Waals surface area contributed by atoms with Crippen LogP contribution in [-0.4, -0.2) is 11.7 Å². The molecule has 0 unspecified atom stereocenters. The van der Waals surface area contributed by atoms with Crippen LogP contribution in [0.25, 0.3) is 0 Å². The summed E-state index contributed by atoms with van der Waals surface area (Å²) in [7, 11) is 0. The third-order valence-electron chi connectivity index (χ3n) is 3.63. The summed E-state index contributed by atoms with van der Waals surface area (Å²) in [6, 6.07) is 19.0. The standard InChI is InChI=1S/C20H13ClFNO2/c21-14-10-11-18(17(22)12-14)23-20(25)16-9-5-4-8-15(16)19(24)13-6-2-1-3-7-13/h1-12H,(H,23,25). The summed E-state index contributed by atoms with van der Waals surface area (Å²) < 4.78 is 13.9. The number of carbonyl (C=O) groups excluding carboxylic acids is 2. The lowest BCUT2D eigenvalue weighted by Crippen LogP contribution is -2.17. The first-order valence-corrected chi connectivity index (χ1v) is 7.89. The van der Waals surface area contributed by atoms with Crippen LogP contribution >= 0.6 is 11.6 Å². The fourth-order valence-corrected chi connectivity index (χ4v) is 2.56. The van der Waals surface area contributed by atoms with E-state index in [2.05, 4.69) is 5.32 Å². The van der Waals surface area contributed by atoms with Crippen molar-refractivity contribution in [2.75, 3.05) is 5.32 Å². The SMILES string of the molecule is O=C(Nc1ccc(Cl)cc1F)c1ccccc1C(=O)c1ccccc1. The Balaban J connectivity index is 1.92. The van der Waals surface area contributed by atoms with Gasteiger partial charge in [-0.05, 0) is 24.3 Å². The van der Waals surface area contributed by atoms with Gasteiger partial charge in [0.25, 0.3) is 5.91 Å². The lowest BCUT2D eigenvalue weighted by Gasteiger charge is -2.10. The van der Waals surface area contributed by atoms with Gasteiger partial charge in [-0.15, -0.1) is 0 Å². The van der Waals surface area contributed by atoms with E-state index in [4.69, 9.17) is 11.6 Å². The molecular formula is C20H13ClFNO2. The summed E-state index contributed by atoms with van der Waals surface area (Å²) in [6.07, 6.45) is 0. The Kier molecular flexibility index (Phi) is 4.91. The summed E-state index contributed by atoms with van der Waals surface area (Å²) in [6.45, 7) is 0. The number of halogens is 2. The second kappa shape index (κ2) is 7.28. The molecule has 0 aliphatic rings. The Morgan fingerprint density at radius 2 is 1.48 bits per heavy atom. The zero-order valence-corrected chi connectivity index (χ0v) is 13.8. The predicted octanol–water partition coefficient (Wildman–Crippen LogP) is 4.96. The van der Waals surface area contributed by atoms with Gasteiger partial charge in [0.2, 0.25) is 0 Å². The molecule has 5 heteroatoms. The molecule has 0 bridgehead atoms. The summed E-state index contributed by atoms with van der Waals surface area (Å²) >= 11 is 5.71. The van der Waals surface area contributed by atoms with Gasteiger partial charge >= 0.3 is 0 Å². The molecular weight excluding hydrogens is 341 g/mol. The second-order valence-electron chi connectivity index (χ2n) is 5.32. The van der Waals surface area contributed by atoms with Crippen LogP contribution in [0.4, 0.5) is 10.1 Å². The van der Waals surface area contributed by atoms with Crippen LogP contribution in [0.3, 0.4) is 0 Å². The van der Waals surface area contributed by atoms with Crippen molar-refractivity contribution in [1.82, 2.24) is 0 Å². The number of amides is 1. The van der Waals surface area contributed by atoms with E-state index in [1.54, 1.807) is 48.5 Å². The molecule has 0 aromatic heterocycles. The quantitative estimate of drug-likeness (QED) is 0.674. The van der Waals surface area contributed by atoms with E-state index in [1.165, 1.54) is 18.2 Å². The number of ketones is 1. The third kappa shape index (κ3) is 3.75. The highest BCUT2D eigenvalue weighted by molar-refractivity contribution is 6.30. The van der Waals surface area contributed by atoms with Crippen molar-refractivity contribution in [2.24, 2.45) is 0 Å². The van der Waals surface area contributed by atoms with Crippen molar-refractivity contribution in [3.05, 3.63) is 100 Å². The fourth-order valence-electron chi connectivity index (χ4n) is 2.40. The van der Waals surface area contributed by atoms with Crippen molar-refractivity contribution < 1.29 is 14.0 Å². The normalized spacial score (nSPS) is 10.3. The first-order chi connectivity index (χ1) is 12.1. The van der Waals surface area contributed by atoms with Crippen molar-refractivity contribution in [2.45, 2.75) is 0 Å². The number of anilines is 1. The molecule has 0 spiro atoms. The van der Waals surface area contributed by atoms with E-state index >= 15 is 0 Å². The topological polar surface area (TPSA) is 46.2 Å². The minimum atomic E-state index is -0.646. The van der Waals surface area contributed by atoms with E-state index in [1.807, 2.05) is 0 Å². The molecule has 0 heterocycles. The zero-order chi connectivity index (χ0) is 17.8. The monoisotopic (exact) mass is 353 g/mol. The molecule has 1 N–H and O–H groups in total. The summed E-state index contributed by atoms with van der Waals surface area (Å²) in [5.74, 6) is -1.49. The minimum Gasteiger partial charge on any atom is -0.319 e. The summed E-state index contributed by atoms with van der Waals surface area (Å²) in [5, 5.41) is 2.71. The number of carbonyl (C=O) groups is 2. The van der Waals surface area contributed by atoms with Gasteiger partial charge in [-0.3, -0.25) is 9.59 Å². The number of benzene rings is 3. The highest BCUT2D eigenvalue weighted by Crippen LogP contribution is 2.21. The molecule has 3 nitrogen and oxygen atoms in total. The fraction of sp³-hybridized carbons (Fsp3) is 0. The van der Waals surface area contributed by atoms with Crippen LogP contribution in [0.15, 0.2) is 72.8 Å². The van der Waals surface area contributed by atoms with Gasteiger partial charge in [-0.1, -0.05) is 60.1 Å². The van der Waals surface area contributed by atoms with Gasteiger partial charge in [0.05, 0.1) is 11.3 Å². The van der Waals surface area contributed by atoms with Crippen molar-refractivity contribution in [3.63, 3.8) is 0 Å². The van der Waals surface area contributed by atoms with E-state index in [0.29, 0.717) is 5.56 Å². The number of hydrogen-bond acceptors (Lipinski definition) is 2. The number of rotatable bonds is 4. The Bertz CT molecular complexity index is 941. The lowest BCUT2D eigenvalue weighted by molar-refractivity contribution is 0.0996. The minimum absolute atomic E-state index is 0.00337. The Hall–Kier alpha value is -2.98. The van der Waals surface area contributed by atoms with Crippen molar-refractivity contribution in [1.29, 1.82) is 0 Å². The molecule has 0 aliphatic carbocycles. The molecule has 3 aromatic rings. The van der Waals surface area contributed by atoms with Crippen molar-refractivity contribution >= 4 is 29.0 Å². The van der Waals surface area contributed by atoms with E-state index in [0.717, 1.165) is 6.07 Å². The Labute approximate surface area is 149 Å². The smallest absolute Gasteiger partial charge is 0.256 e. The van der Waals surface area contributed by atoms with Crippen LogP contribution < -0.4 is 5.32 Å². The van der Waals surface area contributed by atoms with Gasteiger partial charge in [0.1, 0.15) is 5.82 Å². The first kappa shape index (κ1) is 16.9. The lowest BCUT2D eigenvalue weighted by atomic mass is 9.98. The molecule has 25 heavy (non-hydrogen) atoms. The second-order valence-corrected chi connectivity index (χ2v) is 5.76. The van der Waals surface area contributed by atoms with Crippen LogP contribution in [0.5, 0.6) is 0 Å². The highest BCUT2D eigenvalue weighted by atomic mass is 35.5. The van der Waals surface area contributed by atoms with Gasteiger partial charge in [0, 0.05) is 16.1 Å². The van der Waals surface area contributed by atoms with Gasteiger partial charge in [-0.25, -0.2) is 4.39 Å². The van der Waals surface area contributed by atoms with E-state index in [9.17, 15) is 14.0 Å². The van der Waals surface area contributed by atoms with Crippen LogP contribution in [0.1, 0.15) is 26.3 Å². The third-order valence-corrected chi connectivity index (χ3v) is 3.87. The Morgan fingerprint density at radius 3 is 2.16 bits per heavy atom. The van der Waals surface area contributed by atoms with Gasteiger partial charge in [-0.2, -0.15) is 0 Å². The summed E-state index contributed by atoms with van der Waals surface area (Å²) in [4.78, 5) is 25.2. The van der Waals surface area contributed by atoms with Crippen LogP contribution in [0.2, 0.25) is 5.02 Å². The number of nitrogens with one attached hydrogen (secondary N) is 1. The molecule has 0 radical (unpaired) electrons. The van der Waals surface area contributed by atoms with E-state index in [-0.39, 0.29) is 27.6 Å². The highest BCUT2D eigenvalue weighted by Gasteiger charge is 2.18.